The zero-order chi connectivity index (χ0) is 6.16. The minimum Gasteiger partial charge on any atom is -0.417 e. The van der Waals surface area contributed by atoms with Crippen LogP contribution in [0.2, 0.25) is 18.1 Å². The monoisotopic (exact) mass is 142 g/mol. The molecule has 0 aromatic rings. The van der Waals surface area contributed by atoms with Crippen LogP contribution >= 0.6 is 0 Å². The van der Waals surface area contributed by atoms with Crippen LogP contribution in [0.25, 0.3) is 0 Å². The summed E-state index contributed by atoms with van der Waals surface area (Å²) in [5.41, 5.74) is 0. The Labute approximate surface area is 57.5 Å². The molecule has 2 rings (SSSR count). The maximum atomic E-state index is 5.84. The third-order valence-electron chi connectivity index (χ3n) is 2.70. The fourth-order valence-corrected chi connectivity index (χ4v) is 5.42. The van der Waals surface area contributed by atoms with Crippen LogP contribution in [-0.4, -0.2) is 14.9 Å². The molecule has 0 amide bonds. The van der Waals surface area contributed by atoms with Gasteiger partial charge in [-0.15, -0.1) is 0 Å². The molecule has 0 saturated carbocycles. The molecule has 2 saturated heterocycles. The predicted octanol–water partition coefficient (Wildman–Crippen LogP) is 2.15. The average molecular weight is 142 g/mol. The number of hydrogen-bond acceptors (Lipinski definition) is 1. The van der Waals surface area contributed by atoms with Crippen LogP contribution in [0.4, 0.5) is 0 Å². The van der Waals surface area contributed by atoms with E-state index in [2.05, 4.69) is 0 Å². The van der Waals surface area contributed by atoms with Crippen molar-refractivity contribution in [1.82, 2.24) is 0 Å². The third kappa shape index (κ3) is 0.944. The molecule has 0 N–H and O–H groups in total. The molecule has 2 heteroatoms. The summed E-state index contributed by atoms with van der Waals surface area (Å²) in [5, 5.41) is 0. The van der Waals surface area contributed by atoms with E-state index in [9.17, 15) is 0 Å². The third-order valence-corrected chi connectivity index (χ3v) is 7.31. The molecule has 0 bridgehead atoms. The Morgan fingerprint density at radius 3 is 2.00 bits per heavy atom. The van der Waals surface area contributed by atoms with Crippen molar-refractivity contribution in [2.45, 2.75) is 37.4 Å². The maximum absolute atomic E-state index is 5.84. The van der Waals surface area contributed by atoms with Crippen molar-refractivity contribution < 1.29 is 4.43 Å². The van der Waals surface area contributed by atoms with Gasteiger partial charge >= 0.3 is 0 Å². The Morgan fingerprint density at radius 1 is 0.889 bits per heavy atom. The van der Waals surface area contributed by atoms with E-state index in [1.54, 1.807) is 0 Å². The zero-order valence-corrected chi connectivity index (χ0v) is 6.86. The highest BCUT2D eigenvalue weighted by Crippen LogP contribution is 2.40. The van der Waals surface area contributed by atoms with E-state index < -0.39 is 8.32 Å². The van der Waals surface area contributed by atoms with Gasteiger partial charge in [0.15, 0.2) is 8.32 Å². The van der Waals surface area contributed by atoms with E-state index >= 15 is 0 Å². The molecular formula is C7H14OSi. The first-order chi connectivity index (χ1) is 4.41. The van der Waals surface area contributed by atoms with Gasteiger partial charge in [-0.25, -0.2) is 0 Å². The molecule has 2 aliphatic rings. The van der Waals surface area contributed by atoms with Gasteiger partial charge < -0.3 is 4.43 Å². The summed E-state index contributed by atoms with van der Waals surface area (Å²) in [6.45, 7) is 1.09. The van der Waals surface area contributed by atoms with E-state index in [4.69, 9.17) is 4.43 Å². The molecule has 0 aliphatic carbocycles. The molecule has 0 aromatic heterocycles. The molecular weight excluding hydrogens is 128 g/mol. The Kier molecular flexibility index (Phi) is 1.38. The van der Waals surface area contributed by atoms with E-state index in [1.165, 1.54) is 37.4 Å². The van der Waals surface area contributed by atoms with Gasteiger partial charge in [0.25, 0.3) is 0 Å². The lowest BCUT2D eigenvalue weighted by atomic mass is 10.4. The summed E-state index contributed by atoms with van der Waals surface area (Å²) in [6, 6.07) is 4.44. The van der Waals surface area contributed by atoms with Crippen molar-refractivity contribution in [3.05, 3.63) is 0 Å². The van der Waals surface area contributed by atoms with Gasteiger partial charge in [0, 0.05) is 6.61 Å². The highest BCUT2D eigenvalue weighted by Gasteiger charge is 2.42. The number of hydrogen-bond donors (Lipinski definition) is 0. The smallest absolute Gasteiger partial charge is 0.192 e. The maximum Gasteiger partial charge on any atom is 0.192 e. The minimum absolute atomic E-state index is 0.930. The van der Waals surface area contributed by atoms with Crippen LogP contribution in [0.3, 0.4) is 0 Å². The molecule has 0 radical (unpaired) electrons. The second-order valence-corrected chi connectivity index (χ2v) is 7.50. The van der Waals surface area contributed by atoms with Crippen molar-refractivity contribution in [2.24, 2.45) is 0 Å². The molecule has 1 nitrogen and oxygen atoms in total. The molecule has 0 aromatic carbocycles. The highest BCUT2D eigenvalue weighted by atomic mass is 28.4. The molecule has 2 aliphatic heterocycles. The molecule has 52 valence electrons. The zero-order valence-electron chi connectivity index (χ0n) is 5.86. The molecule has 0 unspecified atom stereocenters. The molecule has 1 spiro atoms. The van der Waals surface area contributed by atoms with E-state index in [1.807, 2.05) is 0 Å². The van der Waals surface area contributed by atoms with Gasteiger partial charge in [0.2, 0.25) is 0 Å². The summed E-state index contributed by atoms with van der Waals surface area (Å²) in [6.07, 6.45) is 4.26. The van der Waals surface area contributed by atoms with Crippen molar-refractivity contribution in [1.29, 1.82) is 0 Å². The Bertz CT molecular complexity index is 101. The first kappa shape index (κ1) is 5.92. The molecule has 2 heterocycles. The lowest BCUT2D eigenvalue weighted by Crippen LogP contribution is -2.47. The first-order valence-corrected chi connectivity index (χ1v) is 6.58. The number of rotatable bonds is 0. The van der Waals surface area contributed by atoms with Crippen molar-refractivity contribution >= 4 is 8.32 Å². The van der Waals surface area contributed by atoms with Crippen LogP contribution in [-0.2, 0) is 4.43 Å². The van der Waals surface area contributed by atoms with Crippen molar-refractivity contribution in [3.8, 4) is 0 Å². The quantitative estimate of drug-likeness (QED) is 0.471. The van der Waals surface area contributed by atoms with E-state index in [-0.39, 0.29) is 0 Å². The Balaban J connectivity index is 1.93. The fraction of sp³-hybridized carbons (Fsp3) is 1.00. The fourth-order valence-electron chi connectivity index (χ4n) is 1.88. The standard InChI is InChI=1S/C7H14OSi/c1-2-5-9(8-4-1)6-3-7-9/h1-7H2. The summed E-state index contributed by atoms with van der Waals surface area (Å²) < 4.78 is 5.84. The SMILES string of the molecule is C1CC[Si]2(CCC2)OC1. The topological polar surface area (TPSA) is 9.23 Å². The van der Waals surface area contributed by atoms with Gasteiger partial charge in [0.1, 0.15) is 0 Å². The van der Waals surface area contributed by atoms with E-state index in [0.717, 1.165) is 6.61 Å². The predicted molar refractivity (Wildman–Crippen MR) is 40.0 cm³/mol. The van der Waals surface area contributed by atoms with Gasteiger partial charge in [-0.1, -0.05) is 12.8 Å². The van der Waals surface area contributed by atoms with Gasteiger partial charge in [-0.05, 0) is 24.6 Å². The summed E-state index contributed by atoms with van der Waals surface area (Å²) in [5.74, 6) is 0. The van der Waals surface area contributed by atoms with Crippen LogP contribution in [0.15, 0.2) is 0 Å². The molecule has 2 fully saturated rings. The summed E-state index contributed by atoms with van der Waals surface area (Å²) >= 11 is 0. The second kappa shape index (κ2) is 2.10. The lowest BCUT2D eigenvalue weighted by molar-refractivity contribution is 0.253. The van der Waals surface area contributed by atoms with Crippen LogP contribution < -0.4 is 0 Å². The minimum atomic E-state index is -0.930. The molecule has 9 heavy (non-hydrogen) atoms. The van der Waals surface area contributed by atoms with Gasteiger partial charge in [-0.3, -0.25) is 0 Å². The molecule has 0 atom stereocenters. The van der Waals surface area contributed by atoms with Crippen LogP contribution in [0.1, 0.15) is 19.3 Å². The van der Waals surface area contributed by atoms with Crippen molar-refractivity contribution in [2.75, 3.05) is 6.61 Å². The second-order valence-electron chi connectivity index (χ2n) is 3.34. The summed E-state index contributed by atoms with van der Waals surface area (Å²) in [4.78, 5) is 0. The lowest BCUT2D eigenvalue weighted by Gasteiger charge is -2.41. The largest absolute Gasteiger partial charge is 0.417 e. The van der Waals surface area contributed by atoms with Crippen LogP contribution in [0.5, 0.6) is 0 Å². The average Bonchev–Trinajstić information content (AvgIpc) is 1.87. The van der Waals surface area contributed by atoms with Gasteiger partial charge in [-0.2, -0.15) is 0 Å². The normalized spacial score (nSPS) is 32.0. The van der Waals surface area contributed by atoms with E-state index in [0.29, 0.717) is 0 Å². The van der Waals surface area contributed by atoms with Crippen LogP contribution in [0, 0.1) is 0 Å². The highest BCUT2D eigenvalue weighted by molar-refractivity contribution is 6.76. The van der Waals surface area contributed by atoms with Crippen molar-refractivity contribution in [3.63, 3.8) is 0 Å². The first-order valence-electron chi connectivity index (χ1n) is 4.05. The Hall–Kier alpha value is 0.177. The van der Waals surface area contributed by atoms with Gasteiger partial charge in [0.05, 0.1) is 0 Å². The summed E-state index contributed by atoms with van der Waals surface area (Å²) in [7, 11) is -0.930. The Morgan fingerprint density at radius 2 is 1.67 bits per heavy atom.